The van der Waals surface area contributed by atoms with E-state index in [1.54, 1.807) is 0 Å². The summed E-state index contributed by atoms with van der Waals surface area (Å²) in [6, 6.07) is 0.631. The van der Waals surface area contributed by atoms with Gasteiger partial charge in [0.25, 0.3) is 0 Å². The first-order valence-corrected chi connectivity index (χ1v) is 7.46. The minimum atomic E-state index is -0.651. The van der Waals surface area contributed by atoms with Gasteiger partial charge in [0.1, 0.15) is 0 Å². The van der Waals surface area contributed by atoms with Gasteiger partial charge in [0, 0.05) is 19.1 Å². The van der Waals surface area contributed by atoms with Crippen LogP contribution in [0.3, 0.4) is 0 Å². The van der Waals surface area contributed by atoms with Gasteiger partial charge in [-0.1, -0.05) is 6.92 Å². The number of nitrogens with zero attached hydrogens (tertiary/aromatic N) is 1. The van der Waals surface area contributed by atoms with Crippen LogP contribution in [0.25, 0.3) is 0 Å². The lowest BCUT2D eigenvalue weighted by Crippen LogP contribution is -2.49. The summed E-state index contributed by atoms with van der Waals surface area (Å²) >= 11 is 0. The second-order valence-corrected chi connectivity index (χ2v) is 5.83. The number of hydrogen-bond donors (Lipinski definition) is 2. The van der Waals surface area contributed by atoms with Gasteiger partial charge < -0.3 is 15.6 Å². The molecule has 0 radical (unpaired) electrons. The maximum atomic E-state index is 10.2. The number of hydrogen-bond acceptors (Lipinski definition) is 4. The first kappa shape index (κ1) is 14.3. The third-order valence-electron chi connectivity index (χ3n) is 4.72. The molecule has 106 valence electrons. The molecular weight excluding hydrogens is 228 g/mol. The zero-order valence-corrected chi connectivity index (χ0v) is 11.6. The highest BCUT2D eigenvalue weighted by Crippen LogP contribution is 2.30. The van der Waals surface area contributed by atoms with E-state index >= 15 is 0 Å². The number of nitrogens with two attached hydrogens (primary N) is 1. The monoisotopic (exact) mass is 256 g/mol. The molecule has 1 aliphatic carbocycles. The molecule has 1 saturated heterocycles. The van der Waals surface area contributed by atoms with Gasteiger partial charge in [0.05, 0.1) is 18.3 Å². The third kappa shape index (κ3) is 3.23. The molecule has 0 aromatic heterocycles. The van der Waals surface area contributed by atoms with Crippen molar-refractivity contribution < 1.29 is 9.84 Å². The molecule has 0 amide bonds. The predicted octanol–water partition coefficient (Wildman–Crippen LogP) is 1.12. The molecule has 2 aliphatic rings. The summed E-state index contributed by atoms with van der Waals surface area (Å²) in [5.41, 5.74) is 4.99. The van der Waals surface area contributed by atoms with E-state index < -0.39 is 5.60 Å². The Labute approximate surface area is 110 Å². The standard InChI is InChI=1S/C14H28N2O2/c1-2-14(17,11-15)7-4-8-16-9-10-18-13-6-3-5-12(13)16/h12-13,17H,2-11,15H2,1H3. The molecule has 0 aromatic rings. The molecule has 4 heteroatoms. The molecule has 18 heavy (non-hydrogen) atoms. The van der Waals surface area contributed by atoms with Crippen molar-refractivity contribution in [3.05, 3.63) is 0 Å². The second kappa shape index (κ2) is 6.33. The van der Waals surface area contributed by atoms with Crippen molar-refractivity contribution in [2.75, 3.05) is 26.2 Å². The lowest BCUT2D eigenvalue weighted by atomic mass is 9.94. The van der Waals surface area contributed by atoms with Crippen molar-refractivity contribution >= 4 is 0 Å². The summed E-state index contributed by atoms with van der Waals surface area (Å²) in [5, 5.41) is 10.2. The molecule has 2 rings (SSSR count). The first-order chi connectivity index (χ1) is 8.68. The minimum absolute atomic E-state index is 0.374. The highest BCUT2D eigenvalue weighted by atomic mass is 16.5. The molecule has 0 spiro atoms. The quantitative estimate of drug-likeness (QED) is 0.748. The van der Waals surface area contributed by atoms with E-state index in [0.717, 1.165) is 39.0 Å². The van der Waals surface area contributed by atoms with Gasteiger partial charge in [-0.2, -0.15) is 0 Å². The topological polar surface area (TPSA) is 58.7 Å². The summed E-state index contributed by atoms with van der Waals surface area (Å²) in [7, 11) is 0. The van der Waals surface area contributed by atoms with E-state index in [-0.39, 0.29) is 0 Å². The van der Waals surface area contributed by atoms with Crippen LogP contribution in [0.4, 0.5) is 0 Å². The molecule has 2 fully saturated rings. The number of morpholine rings is 1. The van der Waals surface area contributed by atoms with E-state index in [2.05, 4.69) is 4.90 Å². The summed E-state index contributed by atoms with van der Waals surface area (Å²) in [6.45, 7) is 5.38. The average molecular weight is 256 g/mol. The number of rotatable bonds is 6. The fraction of sp³-hybridized carbons (Fsp3) is 1.00. The Morgan fingerprint density at radius 3 is 3.00 bits per heavy atom. The Morgan fingerprint density at radius 1 is 1.44 bits per heavy atom. The summed E-state index contributed by atoms with van der Waals surface area (Å²) < 4.78 is 5.81. The predicted molar refractivity (Wildman–Crippen MR) is 72.5 cm³/mol. The maximum absolute atomic E-state index is 10.2. The van der Waals surface area contributed by atoms with E-state index in [0.29, 0.717) is 18.7 Å². The van der Waals surface area contributed by atoms with Gasteiger partial charge in [0.15, 0.2) is 0 Å². The lowest BCUT2D eigenvalue weighted by molar-refractivity contribution is -0.0581. The number of aliphatic hydroxyl groups is 1. The van der Waals surface area contributed by atoms with Gasteiger partial charge in [-0.15, -0.1) is 0 Å². The van der Waals surface area contributed by atoms with Crippen LogP contribution in [0.1, 0.15) is 45.4 Å². The van der Waals surface area contributed by atoms with Crippen LogP contribution in [0, 0.1) is 0 Å². The molecule has 3 atom stereocenters. The van der Waals surface area contributed by atoms with Crippen molar-refractivity contribution in [1.82, 2.24) is 4.90 Å². The molecule has 4 nitrogen and oxygen atoms in total. The molecule has 1 saturated carbocycles. The second-order valence-electron chi connectivity index (χ2n) is 5.83. The van der Waals surface area contributed by atoms with Crippen molar-refractivity contribution in [1.29, 1.82) is 0 Å². The highest BCUT2D eigenvalue weighted by Gasteiger charge is 2.35. The zero-order valence-electron chi connectivity index (χ0n) is 11.6. The van der Waals surface area contributed by atoms with Crippen molar-refractivity contribution in [2.24, 2.45) is 5.73 Å². The van der Waals surface area contributed by atoms with Crippen LogP contribution < -0.4 is 5.73 Å². The van der Waals surface area contributed by atoms with Gasteiger partial charge in [0.2, 0.25) is 0 Å². The third-order valence-corrected chi connectivity index (χ3v) is 4.72. The SMILES string of the molecule is CCC(O)(CN)CCCN1CCOC2CCCC21. The van der Waals surface area contributed by atoms with Crippen molar-refractivity contribution in [2.45, 2.75) is 63.2 Å². The molecule has 0 aromatic carbocycles. The number of fused-ring (bicyclic) bond motifs is 1. The fourth-order valence-corrected chi connectivity index (χ4v) is 3.32. The van der Waals surface area contributed by atoms with E-state index in [1.165, 1.54) is 19.3 Å². The Balaban J connectivity index is 1.76. The Morgan fingerprint density at radius 2 is 2.28 bits per heavy atom. The molecule has 1 heterocycles. The minimum Gasteiger partial charge on any atom is -0.389 e. The van der Waals surface area contributed by atoms with E-state index in [1.807, 2.05) is 6.92 Å². The fourth-order valence-electron chi connectivity index (χ4n) is 3.32. The smallest absolute Gasteiger partial charge is 0.0767 e. The molecule has 1 aliphatic heterocycles. The maximum Gasteiger partial charge on any atom is 0.0767 e. The van der Waals surface area contributed by atoms with Gasteiger partial charge in [-0.3, -0.25) is 4.90 Å². The molecule has 0 bridgehead atoms. The Bertz CT molecular complexity index is 256. The van der Waals surface area contributed by atoms with Crippen molar-refractivity contribution in [3.8, 4) is 0 Å². The first-order valence-electron chi connectivity index (χ1n) is 7.46. The van der Waals surface area contributed by atoms with Crippen LogP contribution in [-0.2, 0) is 4.74 Å². The van der Waals surface area contributed by atoms with Crippen LogP contribution in [0.2, 0.25) is 0 Å². The largest absolute Gasteiger partial charge is 0.389 e. The molecular formula is C14H28N2O2. The summed E-state index contributed by atoms with van der Waals surface area (Å²) in [6.07, 6.45) is 6.87. The van der Waals surface area contributed by atoms with E-state index in [4.69, 9.17) is 10.5 Å². The van der Waals surface area contributed by atoms with Crippen LogP contribution in [-0.4, -0.2) is 54.0 Å². The van der Waals surface area contributed by atoms with Crippen molar-refractivity contribution in [3.63, 3.8) is 0 Å². The number of ether oxygens (including phenoxy) is 1. The van der Waals surface area contributed by atoms with Gasteiger partial charge >= 0.3 is 0 Å². The Hall–Kier alpha value is -0.160. The zero-order chi connectivity index (χ0) is 13.0. The van der Waals surface area contributed by atoms with Gasteiger partial charge in [-0.05, 0) is 45.1 Å². The van der Waals surface area contributed by atoms with Crippen LogP contribution in [0.5, 0.6) is 0 Å². The van der Waals surface area contributed by atoms with E-state index in [9.17, 15) is 5.11 Å². The summed E-state index contributed by atoms with van der Waals surface area (Å²) in [4.78, 5) is 2.56. The summed E-state index contributed by atoms with van der Waals surface area (Å²) in [5.74, 6) is 0. The average Bonchev–Trinajstić information content (AvgIpc) is 2.87. The van der Waals surface area contributed by atoms with Crippen LogP contribution >= 0.6 is 0 Å². The highest BCUT2D eigenvalue weighted by molar-refractivity contribution is 4.89. The molecule has 3 N–H and O–H groups in total. The molecule has 3 unspecified atom stereocenters. The van der Waals surface area contributed by atoms with Crippen LogP contribution in [0.15, 0.2) is 0 Å². The lowest BCUT2D eigenvalue weighted by Gasteiger charge is -2.38. The van der Waals surface area contributed by atoms with Gasteiger partial charge in [-0.25, -0.2) is 0 Å². The Kier molecular flexibility index (Phi) is 5.01. The normalized spacial score (nSPS) is 32.2.